The Kier molecular flexibility index (Phi) is 6.48. The van der Waals surface area contributed by atoms with Crippen molar-refractivity contribution in [2.24, 2.45) is 0 Å². The van der Waals surface area contributed by atoms with Crippen LogP contribution in [0.4, 0.5) is 4.39 Å². The number of hydrogen-bond donors (Lipinski definition) is 0. The molecule has 0 spiro atoms. The van der Waals surface area contributed by atoms with Crippen LogP contribution in [0.5, 0.6) is 5.75 Å². The number of halogens is 1. The topological polar surface area (TPSA) is 57.3 Å². The summed E-state index contributed by atoms with van der Waals surface area (Å²) in [6.45, 7) is 2.50. The van der Waals surface area contributed by atoms with Gasteiger partial charge in [-0.15, -0.1) is 5.10 Å². The summed E-state index contributed by atoms with van der Waals surface area (Å²) < 4.78 is 29.0. The fourth-order valence-corrected chi connectivity index (χ4v) is 4.34. The first-order valence-corrected chi connectivity index (χ1v) is 11.4. The number of ether oxygens (including phenoxy) is 2. The van der Waals surface area contributed by atoms with Crippen LogP contribution >= 0.6 is 12.2 Å². The molecule has 9 heteroatoms. The average molecular weight is 478 g/mol. The van der Waals surface area contributed by atoms with Crippen molar-refractivity contribution >= 4 is 12.2 Å². The summed E-state index contributed by atoms with van der Waals surface area (Å²) in [6.07, 6.45) is 3.35. The quantitative estimate of drug-likeness (QED) is 0.377. The van der Waals surface area contributed by atoms with E-state index in [2.05, 4.69) is 9.88 Å². The van der Waals surface area contributed by atoms with Crippen molar-refractivity contribution in [1.82, 2.24) is 24.2 Å². The van der Waals surface area contributed by atoms with Gasteiger partial charge in [-0.25, -0.2) is 9.07 Å². The molecule has 1 aliphatic heterocycles. The second-order valence-electron chi connectivity index (χ2n) is 8.00. The van der Waals surface area contributed by atoms with Crippen LogP contribution in [0.2, 0.25) is 0 Å². The average Bonchev–Trinajstić information content (AvgIpc) is 3.21. The normalized spacial score (nSPS) is 16.5. The Morgan fingerprint density at radius 3 is 2.50 bits per heavy atom. The van der Waals surface area contributed by atoms with Gasteiger partial charge in [-0.2, -0.15) is 0 Å². The lowest BCUT2D eigenvalue weighted by atomic mass is 10.1. The van der Waals surface area contributed by atoms with Crippen molar-refractivity contribution in [2.75, 3.05) is 26.8 Å². The van der Waals surface area contributed by atoms with Gasteiger partial charge in [0.1, 0.15) is 11.6 Å². The second-order valence-corrected chi connectivity index (χ2v) is 8.37. The van der Waals surface area contributed by atoms with Crippen LogP contribution in [0.25, 0.3) is 17.1 Å². The first-order chi connectivity index (χ1) is 16.6. The first-order valence-electron chi connectivity index (χ1n) is 11.0. The van der Waals surface area contributed by atoms with Crippen molar-refractivity contribution in [3.63, 3.8) is 0 Å². The van der Waals surface area contributed by atoms with Gasteiger partial charge in [0.05, 0.1) is 32.2 Å². The number of rotatable bonds is 6. The van der Waals surface area contributed by atoms with Crippen molar-refractivity contribution < 1.29 is 13.9 Å². The Bertz CT molecular complexity index is 1310. The SMILES string of the molecule is COc1ccc(-n2c(-c3ccncc3)nn(CN3CCOC(c4ccc(F)cc4)C3)c2=S)cc1. The van der Waals surface area contributed by atoms with E-state index in [1.165, 1.54) is 12.1 Å². The molecule has 7 nitrogen and oxygen atoms in total. The lowest BCUT2D eigenvalue weighted by Crippen LogP contribution is -2.39. The Labute approximate surface area is 202 Å². The van der Waals surface area contributed by atoms with Gasteiger partial charge in [0.15, 0.2) is 5.82 Å². The van der Waals surface area contributed by atoms with Gasteiger partial charge in [0, 0.05) is 31.0 Å². The predicted octanol–water partition coefficient (Wildman–Crippen LogP) is 4.64. The number of methoxy groups -OCH3 is 1. The molecule has 0 saturated carbocycles. The van der Waals surface area contributed by atoms with Crippen LogP contribution in [0.15, 0.2) is 73.1 Å². The molecule has 1 saturated heterocycles. The second kappa shape index (κ2) is 9.84. The van der Waals surface area contributed by atoms with E-state index < -0.39 is 0 Å². The summed E-state index contributed by atoms with van der Waals surface area (Å²) in [5, 5.41) is 4.89. The molecule has 0 bridgehead atoms. The van der Waals surface area contributed by atoms with Gasteiger partial charge in [-0.1, -0.05) is 12.1 Å². The molecule has 1 unspecified atom stereocenters. The highest BCUT2D eigenvalue weighted by Gasteiger charge is 2.24. The smallest absolute Gasteiger partial charge is 0.204 e. The fourth-order valence-electron chi connectivity index (χ4n) is 4.05. The third-order valence-electron chi connectivity index (χ3n) is 5.83. The van der Waals surface area contributed by atoms with Crippen LogP contribution < -0.4 is 4.74 Å². The monoisotopic (exact) mass is 477 g/mol. The lowest BCUT2D eigenvalue weighted by molar-refractivity contribution is -0.0418. The van der Waals surface area contributed by atoms with Crippen molar-refractivity contribution in [1.29, 1.82) is 0 Å². The Hall–Kier alpha value is -3.40. The number of benzene rings is 2. The molecule has 174 valence electrons. The van der Waals surface area contributed by atoms with Crippen LogP contribution in [-0.4, -0.2) is 51.0 Å². The maximum Gasteiger partial charge on any atom is 0.204 e. The standard InChI is InChI=1S/C25H24FN5O2S/c1-32-22-8-6-21(7-9-22)31-24(19-10-12-27-13-11-19)28-30(25(31)34)17-29-14-15-33-23(16-29)18-2-4-20(26)5-3-18/h2-13,23H,14-17H2,1H3. The highest BCUT2D eigenvalue weighted by molar-refractivity contribution is 7.71. The molecule has 0 radical (unpaired) electrons. The number of aromatic nitrogens is 4. The summed E-state index contributed by atoms with van der Waals surface area (Å²) in [7, 11) is 1.64. The molecule has 1 aliphatic rings. The van der Waals surface area contributed by atoms with Crippen molar-refractivity contribution in [3.05, 3.63) is 89.2 Å². The molecule has 2 aromatic carbocycles. The maximum atomic E-state index is 13.3. The Morgan fingerprint density at radius 2 is 1.79 bits per heavy atom. The van der Waals surface area contributed by atoms with Crippen molar-refractivity contribution in [3.8, 4) is 22.8 Å². The zero-order chi connectivity index (χ0) is 23.5. The molecule has 34 heavy (non-hydrogen) atoms. The van der Waals surface area contributed by atoms with E-state index >= 15 is 0 Å². The van der Waals surface area contributed by atoms with Gasteiger partial charge in [-0.05, 0) is 66.3 Å². The number of morpholine rings is 1. The van der Waals surface area contributed by atoms with Gasteiger partial charge in [0.2, 0.25) is 4.77 Å². The predicted molar refractivity (Wildman–Crippen MR) is 129 cm³/mol. The highest BCUT2D eigenvalue weighted by atomic mass is 32.1. The number of pyridine rings is 1. The molecule has 0 N–H and O–H groups in total. The number of nitrogens with zero attached hydrogens (tertiary/aromatic N) is 5. The van der Waals surface area contributed by atoms with Gasteiger partial charge < -0.3 is 9.47 Å². The minimum Gasteiger partial charge on any atom is -0.497 e. The molecule has 1 atom stereocenters. The molecule has 3 heterocycles. The molecule has 0 aliphatic carbocycles. The third-order valence-corrected chi connectivity index (χ3v) is 6.23. The summed E-state index contributed by atoms with van der Waals surface area (Å²) in [5.74, 6) is 1.25. The molecule has 2 aromatic heterocycles. The molecule has 1 fully saturated rings. The van der Waals surface area contributed by atoms with E-state index in [0.717, 1.165) is 34.9 Å². The van der Waals surface area contributed by atoms with Crippen LogP contribution in [0, 0.1) is 10.6 Å². The molecule has 0 amide bonds. The summed E-state index contributed by atoms with van der Waals surface area (Å²) in [6, 6.07) is 18.0. The summed E-state index contributed by atoms with van der Waals surface area (Å²) in [4.78, 5) is 6.37. The maximum absolute atomic E-state index is 13.3. The third kappa shape index (κ3) is 4.63. The van der Waals surface area contributed by atoms with E-state index in [0.29, 0.717) is 24.6 Å². The number of hydrogen-bond acceptors (Lipinski definition) is 6. The van der Waals surface area contributed by atoms with Crippen LogP contribution in [0.1, 0.15) is 11.7 Å². The summed E-state index contributed by atoms with van der Waals surface area (Å²) >= 11 is 5.88. The van der Waals surface area contributed by atoms with Gasteiger partial charge in [0.25, 0.3) is 0 Å². The molecule has 4 aromatic rings. The zero-order valence-electron chi connectivity index (χ0n) is 18.7. The zero-order valence-corrected chi connectivity index (χ0v) is 19.5. The van der Waals surface area contributed by atoms with E-state index in [1.54, 1.807) is 31.6 Å². The highest BCUT2D eigenvalue weighted by Crippen LogP contribution is 2.26. The molecule has 5 rings (SSSR count). The van der Waals surface area contributed by atoms with E-state index in [1.807, 2.05) is 45.6 Å². The Balaban J connectivity index is 1.46. The lowest BCUT2D eigenvalue weighted by Gasteiger charge is -2.32. The minimum atomic E-state index is -0.254. The van der Waals surface area contributed by atoms with Crippen LogP contribution in [0.3, 0.4) is 0 Å². The van der Waals surface area contributed by atoms with Crippen LogP contribution in [-0.2, 0) is 11.4 Å². The first kappa shape index (κ1) is 22.4. The van der Waals surface area contributed by atoms with Gasteiger partial charge >= 0.3 is 0 Å². The fraction of sp³-hybridized carbons (Fsp3) is 0.240. The largest absolute Gasteiger partial charge is 0.497 e. The van der Waals surface area contributed by atoms with Crippen molar-refractivity contribution in [2.45, 2.75) is 12.8 Å². The minimum absolute atomic E-state index is 0.133. The van der Waals surface area contributed by atoms with E-state index in [-0.39, 0.29) is 11.9 Å². The Morgan fingerprint density at radius 1 is 1.06 bits per heavy atom. The molecular formula is C25H24FN5O2S. The summed E-state index contributed by atoms with van der Waals surface area (Å²) in [5.41, 5.74) is 2.77. The van der Waals surface area contributed by atoms with Gasteiger partial charge in [-0.3, -0.25) is 14.5 Å². The van der Waals surface area contributed by atoms with E-state index in [4.69, 9.17) is 26.8 Å². The molecular weight excluding hydrogens is 453 g/mol. The van der Waals surface area contributed by atoms with E-state index in [9.17, 15) is 4.39 Å².